The first kappa shape index (κ1) is 19.4. The summed E-state index contributed by atoms with van der Waals surface area (Å²) in [6, 6.07) is 0. The zero-order chi connectivity index (χ0) is 10.1. The Hall–Kier alpha value is -1.24. The van der Waals surface area contributed by atoms with Gasteiger partial charge in [0.2, 0.25) is 12.2 Å². The summed E-state index contributed by atoms with van der Waals surface area (Å²) in [6.45, 7) is 0. The van der Waals surface area contributed by atoms with E-state index in [9.17, 15) is 0 Å². The van der Waals surface area contributed by atoms with E-state index < -0.39 is 0 Å². The van der Waals surface area contributed by atoms with Gasteiger partial charge in [0, 0.05) is 0 Å². The maximum Gasteiger partial charge on any atom is 0.231 e. The van der Waals surface area contributed by atoms with Crippen molar-refractivity contribution >= 4 is 12.2 Å². The third kappa shape index (κ3) is 9.07. The monoisotopic (exact) mass is 214 g/mol. The molecule has 0 aromatic carbocycles. The smallest absolute Gasteiger partial charge is 0.222 e. The number of nitrogens with one attached hydrogen (secondary N) is 2. The van der Waals surface area contributed by atoms with Crippen LogP contribution in [0.1, 0.15) is 47.0 Å². The normalized spacial score (nSPS) is 23.5. The van der Waals surface area contributed by atoms with Crippen LogP contribution in [-0.4, -0.2) is 12.2 Å². The van der Waals surface area contributed by atoms with Crippen molar-refractivity contribution in [3.8, 4) is 0 Å². The summed E-state index contributed by atoms with van der Waals surface area (Å²) in [5.74, 6) is 2.34. The van der Waals surface area contributed by atoms with Gasteiger partial charge in [-0.3, -0.25) is 0 Å². The van der Waals surface area contributed by atoms with Gasteiger partial charge in [0.1, 0.15) is 0 Å². The summed E-state index contributed by atoms with van der Waals surface area (Å²) in [5, 5.41) is 10.8. The van der Waals surface area contributed by atoms with Gasteiger partial charge in [-0.2, -0.15) is 0 Å². The Kier molecular flexibility index (Phi) is 16.5. The second kappa shape index (κ2) is 12.8. The number of rotatable bonds is 0. The topological polar surface area (TPSA) is 81.8 Å². The van der Waals surface area contributed by atoms with Crippen molar-refractivity contribution in [1.29, 1.82) is 10.8 Å². The maximum absolute atomic E-state index is 8.35. The van der Waals surface area contributed by atoms with E-state index in [2.05, 4.69) is 0 Å². The first-order chi connectivity index (χ1) is 6.28. The Bertz CT molecular complexity index is 175. The van der Waals surface area contributed by atoms with E-state index in [1.165, 1.54) is 11.8 Å². The van der Waals surface area contributed by atoms with Crippen LogP contribution < -0.4 is 0 Å². The molecule has 2 N–H and O–H groups in total. The quantitative estimate of drug-likeness (QED) is 0.479. The number of hydrogen-bond acceptors (Lipinski definition) is 4. The van der Waals surface area contributed by atoms with Crippen molar-refractivity contribution in [3.05, 3.63) is 0 Å². The lowest BCUT2D eigenvalue weighted by molar-refractivity contribution is 0.480. The van der Waals surface area contributed by atoms with E-state index in [0.717, 1.165) is 12.2 Å². The van der Waals surface area contributed by atoms with Gasteiger partial charge in [0.15, 0.2) is 0 Å². The largest absolute Gasteiger partial charge is 0.231 e. The van der Waals surface area contributed by atoms with Gasteiger partial charge >= 0.3 is 0 Å². The van der Waals surface area contributed by atoms with Crippen LogP contribution in [0.15, 0.2) is 0 Å². The van der Waals surface area contributed by atoms with Crippen LogP contribution in [0, 0.1) is 22.7 Å². The maximum atomic E-state index is 8.35. The van der Waals surface area contributed by atoms with Crippen molar-refractivity contribution in [2.75, 3.05) is 0 Å². The third-order valence-electron chi connectivity index (χ3n) is 2.63. The molecule has 15 heavy (non-hydrogen) atoms. The fourth-order valence-corrected chi connectivity index (χ4v) is 2.17. The lowest BCUT2D eigenvalue weighted by atomic mass is 10.0. The minimum atomic E-state index is 0. The van der Waals surface area contributed by atoms with E-state index in [0.29, 0.717) is 0 Å². The first-order valence-corrected chi connectivity index (χ1v) is 4.36. The van der Waals surface area contributed by atoms with E-state index in [1.807, 2.05) is 0 Å². The molecule has 4 nitrogen and oxygen atoms in total. The van der Waals surface area contributed by atoms with Gasteiger partial charge in [-0.25, -0.2) is 20.4 Å². The van der Waals surface area contributed by atoms with Crippen LogP contribution in [-0.2, 0) is 9.59 Å². The second-order valence-corrected chi connectivity index (χ2v) is 3.33. The molecule has 0 radical (unpaired) electrons. The molecule has 88 valence electrons. The highest BCUT2D eigenvalue weighted by Gasteiger charge is 2.30. The van der Waals surface area contributed by atoms with Crippen molar-refractivity contribution in [1.82, 2.24) is 0 Å². The summed E-state index contributed by atoms with van der Waals surface area (Å²) in [4.78, 5) is 16.7. The minimum absolute atomic E-state index is 0. The second-order valence-electron chi connectivity index (χ2n) is 3.33. The zero-order valence-corrected chi connectivity index (χ0v) is 7.51. The van der Waals surface area contributed by atoms with Crippen molar-refractivity contribution in [2.45, 2.75) is 47.0 Å². The molecule has 0 aliphatic heterocycles. The average molecular weight is 214 g/mol. The summed E-state index contributed by atoms with van der Waals surface area (Å²) in [6.07, 6.45) is 9.32. The molecule has 0 heterocycles. The molecule has 2 bridgehead atoms. The molecule has 4 heteroatoms. The Morgan fingerprint density at radius 1 is 0.800 bits per heavy atom. The molecule has 2 rings (SSSR count). The number of carbonyl (C=O) groups excluding carboxylic acids is 2. The molecule has 0 atom stereocenters. The highest BCUT2D eigenvalue weighted by Crippen LogP contribution is 2.43. The van der Waals surface area contributed by atoms with Gasteiger partial charge in [-0.15, -0.1) is 0 Å². The predicted molar refractivity (Wildman–Crippen MR) is 60.4 cm³/mol. The van der Waals surface area contributed by atoms with Gasteiger partial charge < -0.3 is 0 Å². The molecule has 0 spiro atoms. The first-order valence-electron chi connectivity index (χ1n) is 4.36. The van der Waals surface area contributed by atoms with Crippen LogP contribution in [0.4, 0.5) is 0 Å². The van der Waals surface area contributed by atoms with Crippen LogP contribution >= 0.6 is 0 Å². The Morgan fingerprint density at radius 2 is 1.00 bits per heavy atom. The molecule has 2 fully saturated rings. The van der Waals surface area contributed by atoms with Gasteiger partial charge in [0.05, 0.1) is 0 Å². The number of isocyanates is 2. The molecule has 0 amide bonds. The summed E-state index contributed by atoms with van der Waals surface area (Å²) in [5.41, 5.74) is 0. The standard InChI is InChI=1S/C7H12.2CHNO.2CH4/c1-2-7-4-3-6(1)5-7;2*2-1-3;;/h6-7H,1-5H2;2*2H;2*1H4. The number of fused-ring (bicyclic) bond motifs is 2. The Morgan fingerprint density at radius 3 is 1.07 bits per heavy atom. The SMILES string of the molecule is C.C.C1CC2CCC1C2.N=C=O.N=C=O. The van der Waals surface area contributed by atoms with Gasteiger partial charge in [-0.1, -0.05) is 40.5 Å². The molecule has 0 aromatic rings. The molecular weight excluding hydrogens is 192 g/mol. The van der Waals surface area contributed by atoms with Crippen molar-refractivity contribution in [2.24, 2.45) is 11.8 Å². The Labute approximate surface area is 92.1 Å². The molecular formula is C11H22N2O2. The van der Waals surface area contributed by atoms with E-state index in [4.69, 9.17) is 20.4 Å². The van der Waals surface area contributed by atoms with Crippen molar-refractivity contribution in [3.63, 3.8) is 0 Å². The minimum Gasteiger partial charge on any atom is -0.222 e. The third-order valence-corrected chi connectivity index (χ3v) is 2.63. The van der Waals surface area contributed by atoms with Gasteiger partial charge in [-0.05, 0) is 18.3 Å². The fourth-order valence-electron chi connectivity index (χ4n) is 2.17. The molecule has 0 saturated heterocycles. The summed E-state index contributed by atoms with van der Waals surface area (Å²) in [7, 11) is 0. The average Bonchev–Trinajstić information content (AvgIpc) is 2.69. The van der Waals surface area contributed by atoms with E-state index >= 15 is 0 Å². The van der Waals surface area contributed by atoms with E-state index in [1.54, 1.807) is 32.1 Å². The molecule has 2 saturated carbocycles. The van der Waals surface area contributed by atoms with Crippen LogP contribution in [0.2, 0.25) is 0 Å². The lowest BCUT2D eigenvalue weighted by Crippen LogP contribution is -1.90. The van der Waals surface area contributed by atoms with E-state index in [-0.39, 0.29) is 14.9 Å². The predicted octanol–water partition coefficient (Wildman–Crippen LogP) is 3.27. The lowest BCUT2D eigenvalue weighted by Gasteiger charge is -2.05. The highest BCUT2D eigenvalue weighted by atomic mass is 16.1. The molecule has 2 aliphatic rings. The number of hydrogen-bond donors (Lipinski definition) is 2. The van der Waals surface area contributed by atoms with Crippen LogP contribution in [0.3, 0.4) is 0 Å². The van der Waals surface area contributed by atoms with Crippen LogP contribution in [0.5, 0.6) is 0 Å². The molecule has 2 aliphatic carbocycles. The van der Waals surface area contributed by atoms with Gasteiger partial charge in [0.25, 0.3) is 0 Å². The van der Waals surface area contributed by atoms with Crippen molar-refractivity contribution < 1.29 is 9.59 Å². The molecule has 0 unspecified atom stereocenters. The van der Waals surface area contributed by atoms with Crippen LogP contribution in [0.25, 0.3) is 0 Å². The molecule has 0 aromatic heterocycles. The summed E-state index contributed by atoms with van der Waals surface area (Å²) < 4.78 is 0. The highest BCUT2D eigenvalue weighted by molar-refractivity contribution is 5.26. The summed E-state index contributed by atoms with van der Waals surface area (Å²) >= 11 is 0. The zero-order valence-electron chi connectivity index (χ0n) is 7.51. The fraction of sp³-hybridized carbons (Fsp3) is 0.818. The Balaban J connectivity index is -0.000000160.